The molecule has 0 aromatic carbocycles. The first-order chi connectivity index (χ1) is 2.91. The van der Waals surface area contributed by atoms with Crippen LogP contribution in [0.4, 0.5) is 0 Å². The first-order valence-electron chi connectivity index (χ1n) is 1.58. The molecular weight excluding hydrogens is 96.1 g/mol. The Morgan fingerprint density at radius 1 is 1.83 bits per heavy atom. The third-order valence-electron chi connectivity index (χ3n) is 0.282. The number of rotatable bonds is 3. The van der Waals surface area contributed by atoms with Crippen LogP contribution in [0.15, 0.2) is 12.7 Å². The maximum Gasteiger partial charge on any atom is 0.146 e. The number of hydrogen-bond acceptors (Lipinski definition) is 2. The molecule has 34 valence electrons. The van der Waals surface area contributed by atoms with Crippen molar-refractivity contribution in [3.63, 3.8) is 0 Å². The molecular formula is C4H6OS. The molecule has 0 heterocycles. The van der Waals surface area contributed by atoms with E-state index in [9.17, 15) is 0 Å². The average Bonchev–Trinajstić information content (AvgIpc) is 1.61. The van der Waals surface area contributed by atoms with Crippen molar-refractivity contribution in [3.8, 4) is 0 Å². The maximum atomic E-state index is 4.55. The first kappa shape index (κ1) is 5.63. The Labute approximate surface area is 42.6 Å². The predicted molar refractivity (Wildman–Crippen MR) is 29.8 cm³/mol. The van der Waals surface area contributed by atoms with E-state index in [0.717, 1.165) is 0 Å². The largest absolute Gasteiger partial charge is 0.486 e. The van der Waals surface area contributed by atoms with Crippen molar-refractivity contribution in [2.75, 3.05) is 6.61 Å². The number of hydrogen-bond donors (Lipinski definition) is 0. The van der Waals surface area contributed by atoms with E-state index in [1.54, 1.807) is 6.08 Å². The summed E-state index contributed by atoms with van der Waals surface area (Å²) in [5.74, 6) is 0. The van der Waals surface area contributed by atoms with Gasteiger partial charge in [0, 0.05) is 0 Å². The molecule has 0 bridgehead atoms. The zero-order valence-electron chi connectivity index (χ0n) is 3.39. The minimum atomic E-state index is 0.517. The van der Waals surface area contributed by atoms with Crippen LogP contribution in [0.3, 0.4) is 0 Å². The molecule has 0 saturated heterocycles. The van der Waals surface area contributed by atoms with Crippen LogP contribution < -0.4 is 0 Å². The van der Waals surface area contributed by atoms with Crippen LogP contribution in [0.2, 0.25) is 0 Å². The molecule has 0 radical (unpaired) electrons. The molecule has 0 aromatic rings. The molecule has 0 aliphatic heterocycles. The average molecular weight is 102 g/mol. The van der Waals surface area contributed by atoms with Crippen molar-refractivity contribution in [1.29, 1.82) is 0 Å². The summed E-state index contributed by atoms with van der Waals surface area (Å²) in [6, 6.07) is 0. The Hall–Kier alpha value is -0.370. The summed E-state index contributed by atoms with van der Waals surface area (Å²) >= 11 is 4.32. The lowest BCUT2D eigenvalue weighted by Crippen LogP contribution is -1.81. The van der Waals surface area contributed by atoms with E-state index in [2.05, 4.69) is 23.5 Å². The van der Waals surface area contributed by atoms with Gasteiger partial charge >= 0.3 is 0 Å². The summed E-state index contributed by atoms with van der Waals surface area (Å²) in [6.45, 7) is 3.92. The van der Waals surface area contributed by atoms with Gasteiger partial charge in [-0.05, 0) is 12.2 Å². The quantitative estimate of drug-likeness (QED) is 0.300. The number of thiocarbonyl (C=S) groups is 1. The highest BCUT2D eigenvalue weighted by atomic mass is 32.1. The fourth-order valence-corrected chi connectivity index (χ4v) is 0.186. The van der Waals surface area contributed by atoms with E-state index >= 15 is 0 Å². The minimum absolute atomic E-state index is 0.517. The van der Waals surface area contributed by atoms with Crippen LogP contribution in [0.25, 0.3) is 0 Å². The van der Waals surface area contributed by atoms with Gasteiger partial charge in [-0.3, -0.25) is 0 Å². The van der Waals surface area contributed by atoms with E-state index in [4.69, 9.17) is 0 Å². The molecule has 0 fully saturated rings. The third-order valence-corrected chi connectivity index (χ3v) is 0.418. The normalized spacial score (nSPS) is 6.67. The summed E-state index contributed by atoms with van der Waals surface area (Å²) < 4.78 is 4.55. The molecule has 0 aromatic heterocycles. The molecule has 0 atom stereocenters. The molecule has 0 aliphatic carbocycles. The van der Waals surface area contributed by atoms with Gasteiger partial charge in [-0.15, -0.1) is 0 Å². The van der Waals surface area contributed by atoms with Crippen LogP contribution in [0.5, 0.6) is 0 Å². The number of ether oxygens (including phenoxy) is 1. The minimum Gasteiger partial charge on any atom is -0.486 e. The van der Waals surface area contributed by atoms with Crippen molar-refractivity contribution in [1.82, 2.24) is 0 Å². The molecule has 6 heavy (non-hydrogen) atoms. The van der Waals surface area contributed by atoms with E-state index in [1.807, 2.05) is 0 Å². The van der Waals surface area contributed by atoms with Gasteiger partial charge in [0.05, 0.1) is 0 Å². The van der Waals surface area contributed by atoms with Crippen molar-refractivity contribution >= 4 is 17.8 Å². The Bertz CT molecular complexity index is 43.5. The summed E-state index contributed by atoms with van der Waals surface area (Å²) in [6.07, 6.45) is 1.64. The van der Waals surface area contributed by atoms with Gasteiger partial charge in [0.25, 0.3) is 0 Å². The van der Waals surface area contributed by atoms with E-state index in [-0.39, 0.29) is 0 Å². The van der Waals surface area contributed by atoms with Gasteiger partial charge in [-0.2, -0.15) is 0 Å². The van der Waals surface area contributed by atoms with Crippen molar-refractivity contribution in [3.05, 3.63) is 12.7 Å². The fourth-order valence-electron chi connectivity index (χ4n) is 0.107. The zero-order valence-corrected chi connectivity index (χ0v) is 4.20. The summed E-state index contributed by atoms with van der Waals surface area (Å²) in [5.41, 5.74) is 1.22. The molecule has 0 N–H and O–H groups in total. The molecule has 0 unspecified atom stereocenters. The lowest BCUT2D eigenvalue weighted by Gasteiger charge is -1.85. The standard InChI is InChI=1S/C4H6OS/c1-2-3-5-4-6/h2,4H,1,3H2. The van der Waals surface area contributed by atoms with E-state index in [0.29, 0.717) is 6.61 Å². The van der Waals surface area contributed by atoms with Gasteiger partial charge < -0.3 is 4.74 Å². The molecule has 0 rings (SSSR count). The van der Waals surface area contributed by atoms with Crippen molar-refractivity contribution in [2.24, 2.45) is 0 Å². The molecule has 0 saturated carbocycles. The van der Waals surface area contributed by atoms with E-state index in [1.165, 1.54) is 5.55 Å². The lowest BCUT2D eigenvalue weighted by atomic mass is 10.7. The molecule has 0 spiro atoms. The highest BCUT2D eigenvalue weighted by Gasteiger charge is 1.62. The van der Waals surface area contributed by atoms with Gasteiger partial charge in [0.15, 0.2) is 0 Å². The van der Waals surface area contributed by atoms with Gasteiger partial charge in [-0.1, -0.05) is 12.7 Å². The summed E-state index contributed by atoms with van der Waals surface area (Å²) in [5, 5.41) is 0. The highest BCUT2D eigenvalue weighted by Crippen LogP contribution is 1.65. The topological polar surface area (TPSA) is 9.23 Å². The Morgan fingerprint density at radius 3 is 2.67 bits per heavy atom. The van der Waals surface area contributed by atoms with Crippen LogP contribution >= 0.6 is 12.2 Å². The molecule has 0 aliphatic rings. The molecule has 1 nitrogen and oxygen atoms in total. The van der Waals surface area contributed by atoms with E-state index < -0.39 is 0 Å². The monoisotopic (exact) mass is 102 g/mol. The molecule has 2 heteroatoms. The van der Waals surface area contributed by atoms with Gasteiger partial charge in [0.2, 0.25) is 0 Å². The Kier molecular flexibility index (Phi) is 4.34. The fraction of sp³-hybridized carbons (Fsp3) is 0.250. The summed E-state index contributed by atoms with van der Waals surface area (Å²) in [7, 11) is 0. The second-order valence-corrected chi connectivity index (χ2v) is 0.911. The van der Waals surface area contributed by atoms with Crippen LogP contribution in [-0.4, -0.2) is 12.2 Å². The molecule has 0 amide bonds. The van der Waals surface area contributed by atoms with Crippen LogP contribution in [-0.2, 0) is 4.74 Å². The maximum absolute atomic E-state index is 4.55. The van der Waals surface area contributed by atoms with Gasteiger partial charge in [0.1, 0.15) is 12.2 Å². The Morgan fingerprint density at radius 2 is 2.50 bits per heavy atom. The van der Waals surface area contributed by atoms with Crippen LogP contribution in [0.1, 0.15) is 0 Å². The second kappa shape index (κ2) is 4.63. The Balaban J connectivity index is 2.66. The van der Waals surface area contributed by atoms with Crippen LogP contribution in [0, 0.1) is 0 Å². The van der Waals surface area contributed by atoms with Crippen molar-refractivity contribution in [2.45, 2.75) is 0 Å². The summed E-state index contributed by atoms with van der Waals surface area (Å²) in [4.78, 5) is 0. The zero-order chi connectivity index (χ0) is 4.83. The van der Waals surface area contributed by atoms with Gasteiger partial charge in [-0.25, -0.2) is 0 Å². The smallest absolute Gasteiger partial charge is 0.146 e. The second-order valence-electron chi connectivity index (χ2n) is 0.718. The predicted octanol–water partition coefficient (Wildman–Crippen LogP) is 1.15. The SMILES string of the molecule is C=CCOC=S. The first-order valence-corrected chi connectivity index (χ1v) is 2.05. The third kappa shape index (κ3) is 3.63. The van der Waals surface area contributed by atoms with Crippen molar-refractivity contribution < 1.29 is 4.74 Å². The highest BCUT2D eigenvalue weighted by molar-refractivity contribution is 7.78. The lowest BCUT2D eigenvalue weighted by molar-refractivity contribution is 0.376.